The molecule has 0 saturated carbocycles. The number of carbonyl (C=O) groups is 1. The number of nitrogens with one attached hydrogen (secondary N) is 1. The summed E-state index contributed by atoms with van der Waals surface area (Å²) < 4.78 is 20.7. The Balaban J connectivity index is 2.13. The monoisotopic (exact) mass is 378 g/mol. The van der Waals surface area contributed by atoms with Crippen LogP contribution < -0.4 is 24.4 Å². The van der Waals surface area contributed by atoms with Gasteiger partial charge in [0.15, 0.2) is 23.0 Å². The highest BCUT2D eigenvalue weighted by Gasteiger charge is 2.11. The summed E-state index contributed by atoms with van der Waals surface area (Å²) in [7, 11) is 6.03. The number of methoxy groups -OCH3 is 4. The quantitative estimate of drug-likeness (QED) is 0.591. The largest absolute Gasteiger partial charge is 0.493 e. The smallest absolute Gasteiger partial charge is 0.271 e. The number of hydrogen-bond acceptors (Lipinski definition) is 6. The van der Waals surface area contributed by atoms with Crippen molar-refractivity contribution in [1.82, 2.24) is 5.43 Å². The van der Waals surface area contributed by atoms with Gasteiger partial charge in [0.2, 0.25) is 0 Å². The summed E-state index contributed by atoms with van der Waals surface area (Å²) in [5.74, 6) is 1.49. The Morgan fingerprint density at radius 1 is 0.962 bits per heavy atom. The molecule has 8 heteroatoms. The van der Waals surface area contributed by atoms with Crippen LogP contribution in [0.4, 0.5) is 0 Å². The molecular weight excluding hydrogens is 360 g/mol. The molecule has 0 aliphatic heterocycles. The summed E-state index contributed by atoms with van der Waals surface area (Å²) in [4.78, 5) is 12.2. The Hall–Kier alpha value is -2.93. The van der Waals surface area contributed by atoms with Gasteiger partial charge >= 0.3 is 0 Å². The van der Waals surface area contributed by atoms with E-state index in [2.05, 4.69) is 10.5 Å². The van der Waals surface area contributed by atoms with Crippen LogP contribution in [0, 0.1) is 0 Å². The van der Waals surface area contributed by atoms with E-state index in [9.17, 15) is 4.79 Å². The van der Waals surface area contributed by atoms with Gasteiger partial charge in [0.25, 0.3) is 5.91 Å². The predicted octanol–water partition coefficient (Wildman–Crippen LogP) is 3.14. The lowest BCUT2D eigenvalue weighted by molar-refractivity contribution is 0.0954. The molecule has 0 aromatic heterocycles. The van der Waals surface area contributed by atoms with Gasteiger partial charge in [-0.25, -0.2) is 5.43 Å². The van der Waals surface area contributed by atoms with E-state index < -0.39 is 5.91 Å². The summed E-state index contributed by atoms with van der Waals surface area (Å²) >= 11 is 6.13. The molecule has 0 spiro atoms. The number of hydrogen-bond donors (Lipinski definition) is 1. The molecule has 7 nitrogen and oxygen atoms in total. The van der Waals surface area contributed by atoms with E-state index >= 15 is 0 Å². The number of amides is 1. The summed E-state index contributed by atoms with van der Waals surface area (Å²) in [6.45, 7) is 0. The average Bonchev–Trinajstić information content (AvgIpc) is 2.66. The maximum Gasteiger partial charge on any atom is 0.271 e. The van der Waals surface area contributed by atoms with Gasteiger partial charge in [-0.05, 0) is 35.9 Å². The fourth-order valence-corrected chi connectivity index (χ4v) is 2.52. The molecule has 0 bridgehead atoms. The molecule has 1 amide bonds. The van der Waals surface area contributed by atoms with Crippen LogP contribution in [-0.4, -0.2) is 40.6 Å². The van der Waals surface area contributed by atoms with Crippen LogP contribution in [0.25, 0.3) is 0 Å². The van der Waals surface area contributed by atoms with Crippen molar-refractivity contribution in [2.75, 3.05) is 28.4 Å². The van der Waals surface area contributed by atoms with Gasteiger partial charge in [0.1, 0.15) is 0 Å². The molecule has 0 heterocycles. The van der Waals surface area contributed by atoms with Crippen molar-refractivity contribution in [3.63, 3.8) is 0 Å². The maximum atomic E-state index is 12.2. The molecule has 138 valence electrons. The van der Waals surface area contributed by atoms with Gasteiger partial charge < -0.3 is 18.9 Å². The van der Waals surface area contributed by atoms with Gasteiger partial charge in [-0.2, -0.15) is 5.10 Å². The van der Waals surface area contributed by atoms with Crippen molar-refractivity contribution in [1.29, 1.82) is 0 Å². The van der Waals surface area contributed by atoms with Gasteiger partial charge in [-0.1, -0.05) is 11.6 Å². The second-order valence-electron chi connectivity index (χ2n) is 5.01. The topological polar surface area (TPSA) is 78.4 Å². The molecule has 0 aliphatic rings. The van der Waals surface area contributed by atoms with Crippen LogP contribution in [0.5, 0.6) is 23.0 Å². The Labute approximate surface area is 156 Å². The minimum atomic E-state index is -0.395. The van der Waals surface area contributed by atoms with E-state index in [0.29, 0.717) is 39.1 Å². The first-order valence-electron chi connectivity index (χ1n) is 7.51. The predicted molar refractivity (Wildman–Crippen MR) is 99.2 cm³/mol. The molecule has 1 N–H and O–H groups in total. The minimum Gasteiger partial charge on any atom is -0.493 e. The Morgan fingerprint density at radius 2 is 1.65 bits per heavy atom. The van der Waals surface area contributed by atoms with Gasteiger partial charge in [-0.3, -0.25) is 4.79 Å². The first-order chi connectivity index (χ1) is 12.5. The van der Waals surface area contributed by atoms with Crippen LogP contribution in [0.3, 0.4) is 0 Å². The molecule has 0 unspecified atom stereocenters. The molecule has 2 rings (SSSR count). The third kappa shape index (κ3) is 4.37. The Morgan fingerprint density at radius 3 is 2.27 bits per heavy atom. The number of rotatable bonds is 7. The van der Waals surface area contributed by atoms with E-state index in [0.717, 1.165) is 0 Å². The van der Waals surface area contributed by atoms with E-state index in [-0.39, 0.29) is 0 Å². The zero-order valence-electron chi connectivity index (χ0n) is 14.8. The molecule has 0 fully saturated rings. The fraction of sp³-hybridized carbons (Fsp3) is 0.222. The Bertz CT molecular complexity index is 823. The van der Waals surface area contributed by atoms with Crippen molar-refractivity contribution >= 4 is 23.7 Å². The number of carbonyl (C=O) groups excluding carboxylic acids is 1. The average molecular weight is 379 g/mol. The zero-order chi connectivity index (χ0) is 19.1. The number of benzene rings is 2. The number of ether oxygens (including phenoxy) is 4. The van der Waals surface area contributed by atoms with Crippen molar-refractivity contribution in [2.24, 2.45) is 5.10 Å². The molecule has 2 aromatic carbocycles. The molecule has 0 aliphatic carbocycles. The second kappa shape index (κ2) is 8.96. The molecule has 2 aromatic rings. The highest BCUT2D eigenvalue weighted by atomic mass is 35.5. The van der Waals surface area contributed by atoms with Crippen molar-refractivity contribution in [3.8, 4) is 23.0 Å². The first kappa shape index (κ1) is 19.4. The van der Waals surface area contributed by atoms with Crippen molar-refractivity contribution < 1.29 is 23.7 Å². The molecule has 0 saturated heterocycles. The molecule has 0 radical (unpaired) electrons. The third-order valence-corrected chi connectivity index (χ3v) is 3.76. The second-order valence-corrected chi connectivity index (χ2v) is 5.41. The number of hydrazone groups is 1. The lowest BCUT2D eigenvalue weighted by Gasteiger charge is -2.10. The van der Waals surface area contributed by atoms with Crippen LogP contribution in [-0.2, 0) is 0 Å². The van der Waals surface area contributed by atoms with E-state index in [1.54, 1.807) is 30.3 Å². The Kier molecular flexibility index (Phi) is 6.68. The third-order valence-electron chi connectivity index (χ3n) is 3.48. The molecule has 26 heavy (non-hydrogen) atoms. The van der Waals surface area contributed by atoms with Gasteiger partial charge in [0, 0.05) is 5.56 Å². The SMILES string of the molecule is COc1ccc(C(=O)N/N=C/c2cc(Cl)c(OC)c(OC)c2)cc1OC. The first-order valence-corrected chi connectivity index (χ1v) is 7.88. The number of halogens is 1. The highest BCUT2D eigenvalue weighted by Crippen LogP contribution is 2.35. The fourth-order valence-electron chi connectivity index (χ4n) is 2.22. The van der Waals surface area contributed by atoms with E-state index in [4.69, 9.17) is 30.5 Å². The summed E-state index contributed by atoms with van der Waals surface area (Å²) in [6, 6.07) is 8.16. The van der Waals surface area contributed by atoms with Crippen molar-refractivity contribution in [3.05, 3.63) is 46.5 Å². The summed E-state index contributed by atoms with van der Waals surface area (Å²) in [5, 5.41) is 4.31. The molecule has 0 atom stereocenters. The van der Waals surface area contributed by atoms with Crippen molar-refractivity contribution in [2.45, 2.75) is 0 Å². The van der Waals surface area contributed by atoms with Crippen LogP contribution in [0.2, 0.25) is 5.02 Å². The van der Waals surface area contributed by atoms with E-state index in [1.807, 2.05) is 0 Å². The molecular formula is C18H19ClN2O5. The standard InChI is InChI=1S/C18H19ClN2O5/c1-23-14-6-5-12(9-15(14)24-2)18(22)21-20-10-11-7-13(19)17(26-4)16(8-11)25-3/h5-10H,1-4H3,(H,21,22)/b20-10+. The van der Waals surface area contributed by atoms with Crippen LogP contribution in [0.15, 0.2) is 35.4 Å². The summed E-state index contributed by atoms with van der Waals surface area (Å²) in [6.07, 6.45) is 1.45. The highest BCUT2D eigenvalue weighted by molar-refractivity contribution is 6.32. The van der Waals surface area contributed by atoms with Gasteiger partial charge in [-0.15, -0.1) is 0 Å². The van der Waals surface area contributed by atoms with E-state index in [1.165, 1.54) is 34.7 Å². The minimum absolute atomic E-state index is 0.375. The normalized spacial score (nSPS) is 10.5. The maximum absolute atomic E-state index is 12.2. The van der Waals surface area contributed by atoms with Crippen LogP contribution >= 0.6 is 11.6 Å². The number of nitrogens with zero attached hydrogens (tertiary/aromatic N) is 1. The van der Waals surface area contributed by atoms with Crippen LogP contribution in [0.1, 0.15) is 15.9 Å². The lowest BCUT2D eigenvalue weighted by Crippen LogP contribution is -2.17. The van der Waals surface area contributed by atoms with Gasteiger partial charge in [0.05, 0.1) is 39.7 Å². The lowest BCUT2D eigenvalue weighted by atomic mass is 10.2. The zero-order valence-corrected chi connectivity index (χ0v) is 15.6. The summed E-state index contributed by atoms with van der Waals surface area (Å²) in [5.41, 5.74) is 3.46.